The fourth-order valence-corrected chi connectivity index (χ4v) is 3.86. The monoisotopic (exact) mass is 496 g/mol. The minimum Gasteiger partial charge on any atom is -0.505 e. The number of ether oxygens (including phenoxy) is 1. The van der Waals surface area contributed by atoms with Crippen LogP contribution in [0, 0.1) is 29.8 Å². The van der Waals surface area contributed by atoms with Crippen molar-refractivity contribution in [3.63, 3.8) is 0 Å². The van der Waals surface area contributed by atoms with Gasteiger partial charge in [-0.1, -0.05) is 31.6 Å². The third-order valence-corrected chi connectivity index (χ3v) is 5.53. The van der Waals surface area contributed by atoms with Gasteiger partial charge in [-0.25, -0.2) is 13.2 Å². The van der Waals surface area contributed by atoms with E-state index < -0.39 is 28.8 Å². The largest absolute Gasteiger partial charge is 0.505 e. The van der Waals surface area contributed by atoms with Crippen LogP contribution in [-0.2, 0) is 0 Å². The van der Waals surface area contributed by atoms with Crippen LogP contribution < -0.4 is 15.4 Å². The summed E-state index contributed by atoms with van der Waals surface area (Å²) in [6.45, 7) is 9.08. The number of rotatable bonds is 10. The summed E-state index contributed by atoms with van der Waals surface area (Å²) in [5.74, 6) is -1.25. The van der Waals surface area contributed by atoms with E-state index in [1.54, 1.807) is 6.92 Å². The number of benzene rings is 2. The summed E-state index contributed by atoms with van der Waals surface area (Å²) in [6.07, 6.45) is 9.19. The minimum absolute atomic E-state index is 0.0174. The molecule has 3 rings (SSSR count). The van der Waals surface area contributed by atoms with Crippen molar-refractivity contribution in [2.75, 3.05) is 32.1 Å². The molecule has 0 radical (unpaired) electrons. The molecule has 0 aliphatic rings. The first-order valence-corrected chi connectivity index (χ1v) is 11.3. The number of phenols is 1. The molecule has 3 N–H and O–H groups in total. The zero-order valence-electron chi connectivity index (χ0n) is 20.3. The number of aromatic hydroxyl groups is 1. The molecule has 0 aliphatic heterocycles. The Labute approximate surface area is 207 Å². The van der Waals surface area contributed by atoms with Gasteiger partial charge in [0.25, 0.3) is 0 Å². The molecule has 0 spiro atoms. The molecule has 0 amide bonds. The fraction of sp³-hybridized carbons (Fsp3) is 0.259. The summed E-state index contributed by atoms with van der Waals surface area (Å²) in [6, 6.07) is 1.88. The molecule has 1 heterocycles. The van der Waals surface area contributed by atoms with Gasteiger partial charge in [-0.15, -0.1) is 6.42 Å². The van der Waals surface area contributed by atoms with Crippen LogP contribution in [0.25, 0.3) is 33.7 Å². The maximum atomic E-state index is 16.0. The molecule has 36 heavy (non-hydrogen) atoms. The average Bonchev–Trinajstić information content (AvgIpc) is 2.87. The predicted molar refractivity (Wildman–Crippen MR) is 137 cm³/mol. The Kier molecular flexibility index (Phi) is 8.56. The molecule has 188 valence electrons. The van der Waals surface area contributed by atoms with E-state index in [9.17, 15) is 9.50 Å². The molecule has 0 bridgehead atoms. The SMILES string of the molecule is C#C/C(=C/C)c1c(-c2c(F)cc3c(NCCNCCC)nc(OC)nc3c2F)cc(O)c(F)c1C=C. The van der Waals surface area contributed by atoms with Crippen LogP contribution in [0.4, 0.5) is 19.0 Å². The zero-order chi connectivity index (χ0) is 26.4. The second-order valence-corrected chi connectivity index (χ2v) is 7.78. The molecular weight excluding hydrogens is 469 g/mol. The second-order valence-electron chi connectivity index (χ2n) is 7.78. The molecule has 0 fully saturated rings. The molecule has 2 aromatic carbocycles. The van der Waals surface area contributed by atoms with Crippen molar-refractivity contribution in [1.29, 1.82) is 0 Å². The number of halogens is 3. The van der Waals surface area contributed by atoms with Gasteiger partial charge in [-0.05, 0) is 32.0 Å². The number of fused-ring (bicyclic) bond motifs is 1. The van der Waals surface area contributed by atoms with Crippen LogP contribution in [0.15, 0.2) is 24.8 Å². The molecule has 0 atom stereocenters. The van der Waals surface area contributed by atoms with E-state index in [1.807, 2.05) is 6.92 Å². The molecular formula is C27H27F3N4O2. The summed E-state index contributed by atoms with van der Waals surface area (Å²) < 4.78 is 51.5. The standard InChI is InChI=1S/C27H27F3N4O2/c1-6-10-31-11-12-32-26-18-13-19(28)22(24(30)25(18)33-27(34-26)36-5)17-14-20(35)23(29)16(9-4)21(17)15(7-2)8-3/h2,8-9,13-14,31,35H,4,6,10-12H2,1,3,5H3,(H,32,33,34)/b15-8-. The lowest BCUT2D eigenvalue weighted by Crippen LogP contribution is -2.23. The predicted octanol–water partition coefficient (Wildman–Crippen LogP) is 5.52. The first-order valence-electron chi connectivity index (χ1n) is 11.3. The van der Waals surface area contributed by atoms with E-state index in [0.717, 1.165) is 31.2 Å². The Balaban J connectivity index is 2.31. The summed E-state index contributed by atoms with van der Waals surface area (Å²) >= 11 is 0. The molecule has 0 saturated carbocycles. The number of anilines is 1. The highest BCUT2D eigenvalue weighted by atomic mass is 19.1. The Morgan fingerprint density at radius 2 is 1.94 bits per heavy atom. The lowest BCUT2D eigenvalue weighted by molar-refractivity contribution is 0.382. The number of allylic oxidation sites excluding steroid dienone is 2. The molecule has 6 nitrogen and oxygen atoms in total. The molecule has 9 heteroatoms. The third kappa shape index (κ3) is 4.99. The van der Waals surface area contributed by atoms with Gasteiger partial charge in [0.1, 0.15) is 17.2 Å². The van der Waals surface area contributed by atoms with Gasteiger partial charge in [0.05, 0.1) is 12.7 Å². The maximum Gasteiger partial charge on any atom is 0.318 e. The van der Waals surface area contributed by atoms with Gasteiger partial charge >= 0.3 is 6.01 Å². The molecule has 0 unspecified atom stereocenters. The van der Waals surface area contributed by atoms with Crippen molar-refractivity contribution in [3.05, 3.63) is 53.4 Å². The number of nitrogens with zero attached hydrogens (tertiary/aromatic N) is 2. The number of aromatic nitrogens is 2. The topological polar surface area (TPSA) is 79.3 Å². The minimum atomic E-state index is -1.05. The number of phenolic OH excluding ortho intramolecular Hbond substituents is 1. The fourth-order valence-electron chi connectivity index (χ4n) is 3.86. The highest BCUT2D eigenvalue weighted by Gasteiger charge is 2.26. The highest BCUT2D eigenvalue weighted by molar-refractivity contribution is 5.98. The van der Waals surface area contributed by atoms with Gasteiger partial charge < -0.3 is 20.5 Å². The van der Waals surface area contributed by atoms with Crippen molar-refractivity contribution in [1.82, 2.24) is 15.3 Å². The van der Waals surface area contributed by atoms with Gasteiger partial charge in [-0.3, -0.25) is 0 Å². The van der Waals surface area contributed by atoms with Crippen molar-refractivity contribution < 1.29 is 23.0 Å². The van der Waals surface area contributed by atoms with Crippen molar-refractivity contribution in [2.24, 2.45) is 0 Å². The Bertz CT molecular complexity index is 1380. The molecule has 0 aliphatic carbocycles. The molecule has 1 aromatic heterocycles. The Morgan fingerprint density at radius 1 is 1.19 bits per heavy atom. The van der Waals surface area contributed by atoms with Crippen LogP contribution in [0.2, 0.25) is 0 Å². The highest BCUT2D eigenvalue weighted by Crippen LogP contribution is 2.42. The van der Waals surface area contributed by atoms with Crippen molar-refractivity contribution >= 4 is 28.4 Å². The van der Waals surface area contributed by atoms with Gasteiger partial charge in [0, 0.05) is 40.7 Å². The van der Waals surface area contributed by atoms with Gasteiger partial charge in [0.2, 0.25) is 0 Å². The van der Waals surface area contributed by atoms with E-state index >= 15 is 8.78 Å². The molecule has 0 saturated heterocycles. The van der Waals surface area contributed by atoms with Gasteiger partial charge in [0.15, 0.2) is 17.4 Å². The first-order chi connectivity index (χ1) is 17.3. The summed E-state index contributed by atoms with van der Waals surface area (Å²) in [4.78, 5) is 8.30. The number of methoxy groups -OCH3 is 1. The molecule has 3 aromatic rings. The van der Waals surface area contributed by atoms with E-state index in [-0.39, 0.29) is 45.0 Å². The number of hydrogen-bond donors (Lipinski definition) is 3. The van der Waals surface area contributed by atoms with Crippen LogP contribution >= 0.6 is 0 Å². The number of hydrogen-bond acceptors (Lipinski definition) is 6. The van der Waals surface area contributed by atoms with Crippen LogP contribution in [-0.4, -0.2) is 41.8 Å². The van der Waals surface area contributed by atoms with Crippen LogP contribution in [0.3, 0.4) is 0 Å². The van der Waals surface area contributed by atoms with E-state index in [0.29, 0.717) is 13.1 Å². The van der Waals surface area contributed by atoms with E-state index in [1.165, 1.54) is 13.2 Å². The maximum absolute atomic E-state index is 16.0. The summed E-state index contributed by atoms with van der Waals surface area (Å²) in [5.41, 5.74) is -0.912. The van der Waals surface area contributed by atoms with E-state index in [2.05, 4.69) is 33.1 Å². The number of terminal acetylenes is 1. The first kappa shape index (κ1) is 26.6. The van der Waals surface area contributed by atoms with Crippen LogP contribution in [0.1, 0.15) is 31.4 Å². The van der Waals surface area contributed by atoms with Crippen LogP contribution in [0.5, 0.6) is 11.8 Å². The quantitative estimate of drug-likeness (QED) is 0.253. The summed E-state index contributed by atoms with van der Waals surface area (Å²) in [5, 5.41) is 16.6. The zero-order valence-corrected chi connectivity index (χ0v) is 20.3. The second kappa shape index (κ2) is 11.6. The third-order valence-electron chi connectivity index (χ3n) is 5.53. The van der Waals surface area contributed by atoms with Gasteiger partial charge in [-0.2, -0.15) is 9.97 Å². The lowest BCUT2D eigenvalue weighted by Gasteiger charge is -2.18. The Hall–Kier alpha value is -4.03. The normalized spacial score (nSPS) is 11.4. The average molecular weight is 497 g/mol. The summed E-state index contributed by atoms with van der Waals surface area (Å²) in [7, 11) is 1.33. The van der Waals surface area contributed by atoms with Crippen molar-refractivity contribution in [3.8, 4) is 35.2 Å². The van der Waals surface area contributed by atoms with E-state index in [4.69, 9.17) is 11.2 Å². The van der Waals surface area contributed by atoms with Crippen molar-refractivity contribution in [2.45, 2.75) is 20.3 Å². The Morgan fingerprint density at radius 3 is 2.56 bits per heavy atom. The smallest absolute Gasteiger partial charge is 0.318 e. The lowest BCUT2D eigenvalue weighted by atomic mass is 9.88. The number of nitrogens with one attached hydrogen (secondary N) is 2.